The molecule has 0 spiro atoms. The van der Waals surface area contributed by atoms with E-state index in [9.17, 15) is 14.0 Å². The smallest absolute Gasteiger partial charge is 0.251 e. The van der Waals surface area contributed by atoms with Crippen molar-refractivity contribution in [2.75, 3.05) is 26.8 Å². The Morgan fingerprint density at radius 2 is 2.14 bits per heavy atom. The van der Waals surface area contributed by atoms with Crippen molar-refractivity contribution in [2.45, 2.75) is 18.6 Å². The molecule has 1 aromatic rings. The summed E-state index contributed by atoms with van der Waals surface area (Å²) in [5.41, 5.74) is 0.624. The number of aliphatic hydroxyl groups excluding tert-OH is 1. The molecule has 1 aliphatic heterocycles. The summed E-state index contributed by atoms with van der Waals surface area (Å²) in [5.74, 6) is -0.991. The highest BCUT2D eigenvalue weighted by Gasteiger charge is 2.39. The van der Waals surface area contributed by atoms with Gasteiger partial charge in [-0.3, -0.25) is 9.59 Å². The summed E-state index contributed by atoms with van der Waals surface area (Å²) in [4.78, 5) is 25.5. The number of hydrogen-bond acceptors (Lipinski definition) is 4. The van der Waals surface area contributed by atoms with Crippen LogP contribution in [0.25, 0.3) is 0 Å². The van der Waals surface area contributed by atoms with Crippen molar-refractivity contribution in [3.63, 3.8) is 0 Å². The number of morpholine rings is 1. The molecule has 1 saturated heterocycles. The van der Waals surface area contributed by atoms with Gasteiger partial charge in [-0.25, -0.2) is 4.39 Å². The summed E-state index contributed by atoms with van der Waals surface area (Å²) < 4.78 is 18.5. The third-order valence-electron chi connectivity index (χ3n) is 3.59. The standard InChI is InChI=1S/C15H19FN2O4/c1-18-12(20)9-22-14(15(21)17-7-2-8-19)13(18)10-3-5-11(16)6-4-10/h3-6,13-14,19H,2,7-9H2,1H3,(H,17,21)/t13-,14-/m1/s1. The second-order valence-electron chi connectivity index (χ2n) is 5.10. The van der Waals surface area contributed by atoms with Crippen molar-refractivity contribution in [1.82, 2.24) is 10.2 Å². The number of aliphatic hydroxyl groups is 1. The van der Waals surface area contributed by atoms with Crippen molar-refractivity contribution >= 4 is 11.8 Å². The van der Waals surface area contributed by atoms with E-state index in [1.165, 1.54) is 29.2 Å². The molecule has 2 N–H and O–H groups in total. The molecule has 22 heavy (non-hydrogen) atoms. The highest BCUT2D eigenvalue weighted by molar-refractivity contribution is 5.86. The fraction of sp³-hybridized carbons (Fsp3) is 0.467. The molecule has 0 aliphatic carbocycles. The van der Waals surface area contributed by atoms with Gasteiger partial charge in [0, 0.05) is 20.2 Å². The van der Waals surface area contributed by atoms with Crippen molar-refractivity contribution in [2.24, 2.45) is 0 Å². The lowest BCUT2D eigenvalue weighted by Gasteiger charge is -2.38. The molecule has 0 unspecified atom stereocenters. The van der Waals surface area contributed by atoms with E-state index >= 15 is 0 Å². The number of nitrogens with zero attached hydrogens (tertiary/aromatic N) is 1. The van der Waals surface area contributed by atoms with E-state index < -0.39 is 18.0 Å². The van der Waals surface area contributed by atoms with Crippen molar-refractivity contribution in [3.8, 4) is 0 Å². The van der Waals surface area contributed by atoms with E-state index in [0.717, 1.165) is 0 Å². The highest BCUT2D eigenvalue weighted by Crippen LogP contribution is 2.29. The van der Waals surface area contributed by atoms with Crippen LogP contribution in [0, 0.1) is 5.82 Å². The molecule has 2 atom stereocenters. The predicted molar refractivity (Wildman–Crippen MR) is 76.4 cm³/mol. The lowest BCUT2D eigenvalue weighted by atomic mass is 9.97. The van der Waals surface area contributed by atoms with Gasteiger partial charge in [0.15, 0.2) is 6.10 Å². The molecular weight excluding hydrogens is 291 g/mol. The fourth-order valence-corrected chi connectivity index (χ4v) is 2.38. The van der Waals surface area contributed by atoms with Gasteiger partial charge in [0.25, 0.3) is 5.91 Å². The second-order valence-corrected chi connectivity index (χ2v) is 5.10. The monoisotopic (exact) mass is 310 g/mol. The van der Waals surface area contributed by atoms with Gasteiger partial charge in [0.1, 0.15) is 12.4 Å². The topological polar surface area (TPSA) is 78.9 Å². The van der Waals surface area contributed by atoms with E-state index in [1.54, 1.807) is 7.05 Å². The van der Waals surface area contributed by atoms with Gasteiger partial charge in [0.2, 0.25) is 5.91 Å². The molecule has 6 nitrogen and oxygen atoms in total. The van der Waals surface area contributed by atoms with Gasteiger partial charge in [-0.05, 0) is 24.1 Å². The van der Waals surface area contributed by atoms with E-state index in [0.29, 0.717) is 18.5 Å². The number of likely N-dealkylation sites (N-methyl/N-ethyl adjacent to an activating group) is 1. The zero-order chi connectivity index (χ0) is 16.1. The largest absolute Gasteiger partial charge is 0.396 e. The summed E-state index contributed by atoms with van der Waals surface area (Å²) in [6, 6.07) is 5.02. The summed E-state index contributed by atoms with van der Waals surface area (Å²) in [5, 5.41) is 11.4. The molecule has 0 bridgehead atoms. The van der Waals surface area contributed by atoms with Crippen LogP contribution in [0.2, 0.25) is 0 Å². The molecule has 0 radical (unpaired) electrons. The third kappa shape index (κ3) is 3.61. The first-order valence-corrected chi connectivity index (χ1v) is 7.06. The van der Waals surface area contributed by atoms with Gasteiger partial charge in [0.05, 0.1) is 6.04 Å². The number of benzene rings is 1. The van der Waals surface area contributed by atoms with Crippen molar-refractivity contribution < 1.29 is 23.8 Å². The van der Waals surface area contributed by atoms with Crippen LogP contribution in [-0.2, 0) is 14.3 Å². The molecule has 1 aliphatic rings. The normalized spacial score (nSPS) is 21.8. The Balaban J connectivity index is 2.20. The van der Waals surface area contributed by atoms with Crippen LogP contribution in [0.3, 0.4) is 0 Å². The van der Waals surface area contributed by atoms with Crippen LogP contribution in [-0.4, -0.2) is 54.7 Å². The Morgan fingerprint density at radius 1 is 1.45 bits per heavy atom. The highest BCUT2D eigenvalue weighted by atomic mass is 19.1. The molecule has 1 aromatic carbocycles. The summed E-state index contributed by atoms with van der Waals surface area (Å²) in [7, 11) is 1.59. The minimum Gasteiger partial charge on any atom is -0.396 e. The first kappa shape index (κ1) is 16.4. The van der Waals surface area contributed by atoms with Crippen molar-refractivity contribution in [1.29, 1.82) is 0 Å². The van der Waals surface area contributed by atoms with E-state index in [1.807, 2.05) is 0 Å². The van der Waals surface area contributed by atoms with E-state index in [2.05, 4.69) is 5.32 Å². The number of rotatable bonds is 5. The molecule has 7 heteroatoms. The van der Waals surface area contributed by atoms with Crippen LogP contribution >= 0.6 is 0 Å². The summed E-state index contributed by atoms with van der Waals surface area (Å²) in [6.45, 7) is 0.126. The Kier molecular flexibility index (Phi) is 5.46. The minimum absolute atomic E-state index is 0.0222. The number of halogens is 1. The lowest BCUT2D eigenvalue weighted by Crippen LogP contribution is -2.53. The number of nitrogens with one attached hydrogen (secondary N) is 1. The molecule has 1 fully saturated rings. The number of hydrogen-bond donors (Lipinski definition) is 2. The van der Waals surface area contributed by atoms with Crippen molar-refractivity contribution in [3.05, 3.63) is 35.6 Å². The third-order valence-corrected chi connectivity index (χ3v) is 3.59. The van der Waals surface area contributed by atoms with Crippen LogP contribution < -0.4 is 5.32 Å². The fourth-order valence-electron chi connectivity index (χ4n) is 2.38. The van der Waals surface area contributed by atoms with Crippen LogP contribution in [0.5, 0.6) is 0 Å². The lowest BCUT2D eigenvalue weighted by molar-refractivity contribution is -0.162. The maximum absolute atomic E-state index is 13.1. The zero-order valence-electron chi connectivity index (χ0n) is 12.3. The average molecular weight is 310 g/mol. The quantitative estimate of drug-likeness (QED) is 0.763. The molecule has 2 rings (SSSR count). The second kappa shape index (κ2) is 7.33. The first-order valence-electron chi connectivity index (χ1n) is 7.06. The Hall–Kier alpha value is -1.99. The Morgan fingerprint density at radius 3 is 2.77 bits per heavy atom. The van der Waals surface area contributed by atoms with Crippen LogP contribution in [0.4, 0.5) is 4.39 Å². The predicted octanol–water partition coefficient (Wildman–Crippen LogP) is 0.223. The number of carbonyl (C=O) groups is 2. The molecular formula is C15H19FN2O4. The molecule has 2 amide bonds. The van der Waals surface area contributed by atoms with Gasteiger partial charge in [-0.2, -0.15) is 0 Å². The van der Waals surface area contributed by atoms with Gasteiger partial charge in [-0.1, -0.05) is 12.1 Å². The number of ether oxygens (including phenoxy) is 1. The van der Waals surface area contributed by atoms with E-state index in [-0.39, 0.29) is 25.0 Å². The van der Waals surface area contributed by atoms with Gasteiger partial charge < -0.3 is 20.1 Å². The summed E-state index contributed by atoms with van der Waals surface area (Å²) >= 11 is 0. The van der Waals surface area contributed by atoms with Gasteiger partial charge in [-0.15, -0.1) is 0 Å². The maximum Gasteiger partial charge on any atom is 0.251 e. The van der Waals surface area contributed by atoms with Crippen LogP contribution in [0.15, 0.2) is 24.3 Å². The molecule has 0 aromatic heterocycles. The van der Waals surface area contributed by atoms with Gasteiger partial charge >= 0.3 is 0 Å². The Labute approximate surface area is 127 Å². The van der Waals surface area contributed by atoms with Crippen LogP contribution in [0.1, 0.15) is 18.0 Å². The summed E-state index contributed by atoms with van der Waals surface area (Å²) in [6.07, 6.45) is -0.430. The number of carbonyl (C=O) groups excluding carboxylic acids is 2. The maximum atomic E-state index is 13.1. The molecule has 1 heterocycles. The minimum atomic E-state index is -0.869. The van der Waals surface area contributed by atoms with E-state index in [4.69, 9.17) is 9.84 Å². The average Bonchev–Trinajstić information content (AvgIpc) is 2.51. The Bertz CT molecular complexity index is 535. The SMILES string of the molecule is CN1C(=O)CO[C@@H](C(=O)NCCCO)[C@H]1c1ccc(F)cc1. The first-order chi connectivity index (χ1) is 10.5. The number of amides is 2. The molecule has 0 saturated carbocycles. The molecule has 120 valence electrons. The zero-order valence-corrected chi connectivity index (χ0v) is 12.3.